The Kier molecular flexibility index (Phi) is 5.50. The van der Waals surface area contributed by atoms with Gasteiger partial charge in [0, 0.05) is 24.6 Å². The zero-order valence-corrected chi connectivity index (χ0v) is 17.9. The van der Waals surface area contributed by atoms with Crippen LogP contribution < -0.4 is 0 Å². The molecule has 0 radical (unpaired) electrons. The van der Waals surface area contributed by atoms with Gasteiger partial charge in [-0.05, 0) is 44.6 Å². The van der Waals surface area contributed by atoms with Crippen molar-refractivity contribution in [3.8, 4) is 11.4 Å². The first kappa shape index (κ1) is 20.4. The molecule has 0 aliphatic carbocycles. The lowest BCUT2D eigenvalue weighted by Crippen LogP contribution is -2.41. The van der Waals surface area contributed by atoms with Gasteiger partial charge >= 0.3 is 6.09 Å². The number of carbonyl (C=O) groups excluding carboxylic acids is 1. The second-order valence-electron chi connectivity index (χ2n) is 9.61. The molecule has 6 nitrogen and oxygen atoms in total. The molecule has 1 aliphatic rings. The summed E-state index contributed by atoms with van der Waals surface area (Å²) in [5.74, 6) is 1.91. The molecule has 6 heteroatoms. The van der Waals surface area contributed by atoms with Crippen molar-refractivity contribution in [3.05, 3.63) is 35.7 Å². The highest BCUT2D eigenvalue weighted by atomic mass is 16.6. The quantitative estimate of drug-likeness (QED) is 0.801. The van der Waals surface area contributed by atoms with Crippen LogP contribution in [0.5, 0.6) is 0 Å². The van der Waals surface area contributed by atoms with Crippen molar-refractivity contribution in [2.24, 2.45) is 0 Å². The van der Waals surface area contributed by atoms with Gasteiger partial charge in [0.05, 0.1) is 0 Å². The second-order valence-corrected chi connectivity index (χ2v) is 9.61. The molecule has 0 unspecified atom stereocenters. The van der Waals surface area contributed by atoms with E-state index in [4.69, 9.17) is 9.72 Å². The van der Waals surface area contributed by atoms with Gasteiger partial charge in [-0.1, -0.05) is 45.0 Å². The summed E-state index contributed by atoms with van der Waals surface area (Å²) < 4.78 is 5.46. The molecule has 0 atom stereocenters. The highest BCUT2D eigenvalue weighted by Gasteiger charge is 2.29. The first-order valence-corrected chi connectivity index (χ1v) is 10.0. The lowest BCUT2D eigenvalue weighted by molar-refractivity contribution is 0.0203. The third kappa shape index (κ3) is 4.91. The molecule has 0 spiro atoms. The van der Waals surface area contributed by atoms with Crippen LogP contribution in [0.15, 0.2) is 24.3 Å². The number of nitrogens with one attached hydrogen (secondary N) is 1. The molecule has 2 aromatic rings. The number of amides is 1. The zero-order valence-electron chi connectivity index (χ0n) is 17.9. The Morgan fingerprint density at radius 3 is 2.21 bits per heavy atom. The fourth-order valence-corrected chi connectivity index (χ4v) is 3.37. The second kappa shape index (κ2) is 7.57. The monoisotopic (exact) mass is 384 g/mol. The number of hydrogen-bond donors (Lipinski definition) is 1. The number of aromatic amines is 1. The van der Waals surface area contributed by atoms with Crippen molar-refractivity contribution in [1.82, 2.24) is 20.1 Å². The highest BCUT2D eigenvalue weighted by molar-refractivity contribution is 5.68. The third-order valence-electron chi connectivity index (χ3n) is 5.05. The van der Waals surface area contributed by atoms with Crippen LogP contribution in [0.25, 0.3) is 11.4 Å². The normalized spacial score (nSPS) is 16.3. The number of ether oxygens (including phenoxy) is 1. The molecular formula is C22H32N4O2. The summed E-state index contributed by atoms with van der Waals surface area (Å²) >= 11 is 0. The van der Waals surface area contributed by atoms with E-state index in [9.17, 15) is 4.79 Å². The lowest BCUT2D eigenvalue weighted by atomic mass is 9.87. The average Bonchev–Trinajstić information content (AvgIpc) is 3.10. The van der Waals surface area contributed by atoms with Crippen molar-refractivity contribution in [3.63, 3.8) is 0 Å². The predicted octanol–water partition coefficient (Wildman–Crippen LogP) is 4.88. The first-order valence-electron chi connectivity index (χ1n) is 10.0. The van der Waals surface area contributed by atoms with E-state index in [0.29, 0.717) is 13.1 Å². The largest absolute Gasteiger partial charge is 0.444 e. The summed E-state index contributed by atoms with van der Waals surface area (Å²) in [7, 11) is 0. The number of rotatable bonds is 2. The molecule has 0 bridgehead atoms. The maximum Gasteiger partial charge on any atom is 0.410 e. The smallest absolute Gasteiger partial charge is 0.410 e. The van der Waals surface area contributed by atoms with Crippen LogP contribution in [-0.2, 0) is 10.2 Å². The van der Waals surface area contributed by atoms with Crippen LogP contribution in [0.3, 0.4) is 0 Å². The minimum absolute atomic E-state index is 0.130. The van der Waals surface area contributed by atoms with E-state index in [2.05, 4.69) is 55.2 Å². The number of carbonyl (C=O) groups is 1. The van der Waals surface area contributed by atoms with Crippen LogP contribution in [-0.4, -0.2) is 44.9 Å². The molecule has 152 valence electrons. The van der Waals surface area contributed by atoms with Gasteiger partial charge in [-0.3, -0.25) is 5.10 Å². The van der Waals surface area contributed by atoms with Crippen LogP contribution in [0.2, 0.25) is 0 Å². The fraction of sp³-hybridized carbons (Fsp3) is 0.591. The molecule has 1 N–H and O–H groups in total. The minimum Gasteiger partial charge on any atom is -0.444 e. The van der Waals surface area contributed by atoms with E-state index in [1.54, 1.807) is 4.90 Å². The van der Waals surface area contributed by atoms with E-state index in [1.807, 2.05) is 20.8 Å². The Balaban J connectivity index is 1.62. The highest BCUT2D eigenvalue weighted by Crippen LogP contribution is 2.29. The number of nitrogens with zero attached hydrogens (tertiary/aromatic N) is 3. The SMILES string of the molecule is CC(C)(C)OC(=O)N1CCC(c2nc(-c3ccc(C(C)(C)C)cc3)n[nH]2)CC1. The number of H-pyrrole nitrogens is 1. The number of aromatic nitrogens is 3. The van der Waals surface area contributed by atoms with Crippen LogP contribution >= 0.6 is 0 Å². The summed E-state index contributed by atoms with van der Waals surface area (Å²) in [5, 5.41) is 7.52. The molecule has 1 fully saturated rings. The molecule has 1 saturated heterocycles. The topological polar surface area (TPSA) is 71.1 Å². The zero-order chi connectivity index (χ0) is 20.5. The van der Waals surface area contributed by atoms with Gasteiger partial charge in [0.25, 0.3) is 0 Å². The molecule has 28 heavy (non-hydrogen) atoms. The number of benzene rings is 1. The number of piperidine rings is 1. The van der Waals surface area contributed by atoms with Crippen molar-refractivity contribution >= 4 is 6.09 Å². The Morgan fingerprint density at radius 2 is 1.68 bits per heavy atom. The molecule has 1 amide bonds. The minimum atomic E-state index is -0.462. The predicted molar refractivity (Wildman–Crippen MR) is 110 cm³/mol. The summed E-state index contributed by atoms with van der Waals surface area (Å²) in [6, 6.07) is 8.45. The van der Waals surface area contributed by atoms with Crippen LogP contribution in [0.1, 0.15) is 71.7 Å². The summed E-state index contributed by atoms with van der Waals surface area (Å²) in [5.41, 5.74) is 1.98. The number of hydrogen-bond acceptors (Lipinski definition) is 4. The molecule has 1 aromatic carbocycles. The van der Waals surface area contributed by atoms with Gasteiger partial charge < -0.3 is 9.64 Å². The summed E-state index contributed by atoms with van der Waals surface area (Å²) in [4.78, 5) is 18.7. The first-order chi connectivity index (χ1) is 13.0. The van der Waals surface area contributed by atoms with E-state index in [1.165, 1.54) is 5.56 Å². The molecule has 0 saturated carbocycles. The fourth-order valence-electron chi connectivity index (χ4n) is 3.37. The maximum atomic E-state index is 12.2. The summed E-state index contributed by atoms with van der Waals surface area (Å²) in [6.45, 7) is 13.6. The van der Waals surface area contributed by atoms with Gasteiger partial charge in [-0.2, -0.15) is 5.10 Å². The van der Waals surface area contributed by atoms with Gasteiger partial charge in [-0.25, -0.2) is 9.78 Å². The summed E-state index contributed by atoms with van der Waals surface area (Å²) in [6.07, 6.45) is 1.48. The van der Waals surface area contributed by atoms with E-state index >= 15 is 0 Å². The Hall–Kier alpha value is -2.37. The standard InChI is InChI=1S/C22H32N4O2/c1-21(2,3)17-9-7-15(8-10-17)18-23-19(25-24-18)16-11-13-26(14-12-16)20(27)28-22(4,5)6/h7-10,16H,11-14H2,1-6H3,(H,23,24,25). The Labute approximate surface area is 167 Å². The molecule has 2 heterocycles. The van der Waals surface area contributed by atoms with E-state index < -0.39 is 5.60 Å². The van der Waals surface area contributed by atoms with E-state index in [0.717, 1.165) is 30.1 Å². The van der Waals surface area contributed by atoms with Gasteiger partial charge in [-0.15, -0.1) is 0 Å². The Morgan fingerprint density at radius 1 is 1.07 bits per heavy atom. The van der Waals surface area contributed by atoms with E-state index in [-0.39, 0.29) is 17.4 Å². The van der Waals surface area contributed by atoms with Crippen LogP contribution in [0, 0.1) is 0 Å². The van der Waals surface area contributed by atoms with Gasteiger partial charge in [0.15, 0.2) is 5.82 Å². The van der Waals surface area contributed by atoms with Crippen molar-refractivity contribution < 1.29 is 9.53 Å². The molecular weight excluding hydrogens is 352 g/mol. The van der Waals surface area contributed by atoms with Crippen LogP contribution in [0.4, 0.5) is 4.79 Å². The third-order valence-corrected chi connectivity index (χ3v) is 5.05. The molecule has 1 aliphatic heterocycles. The van der Waals surface area contributed by atoms with Crippen molar-refractivity contribution in [2.45, 2.75) is 71.3 Å². The van der Waals surface area contributed by atoms with Crippen molar-refractivity contribution in [2.75, 3.05) is 13.1 Å². The number of likely N-dealkylation sites (tertiary alicyclic amines) is 1. The van der Waals surface area contributed by atoms with Gasteiger partial charge in [0.2, 0.25) is 0 Å². The Bertz CT molecular complexity index is 804. The molecule has 3 rings (SSSR count). The van der Waals surface area contributed by atoms with Gasteiger partial charge in [0.1, 0.15) is 11.4 Å². The maximum absolute atomic E-state index is 12.2. The lowest BCUT2D eigenvalue weighted by Gasteiger charge is -2.32. The van der Waals surface area contributed by atoms with Crippen molar-refractivity contribution in [1.29, 1.82) is 0 Å². The average molecular weight is 385 g/mol. The molecule has 1 aromatic heterocycles.